The summed E-state index contributed by atoms with van der Waals surface area (Å²) in [6.07, 6.45) is 5.66. The molecule has 1 aromatic heterocycles. The summed E-state index contributed by atoms with van der Waals surface area (Å²) in [7, 11) is 2.04. The number of unbranched alkanes of at least 4 members (excludes halogenated alkanes) is 1. The summed E-state index contributed by atoms with van der Waals surface area (Å²) in [4.78, 5) is 18.7. The second kappa shape index (κ2) is 7.98. The molecule has 1 aliphatic heterocycles. The number of aromatic nitrogens is 1. The average Bonchev–Trinajstić information content (AvgIpc) is 2.54. The van der Waals surface area contributed by atoms with Crippen LogP contribution in [0, 0.1) is 5.92 Å². The predicted octanol–water partition coefficient (Wildman–Crippen LogP) is 2.68. The van der Waals surface area contributed by atoms with Crippen LogP contribution in [0.2, 0.25) is 0 Å². The summed E-state index contributed by atoms with van der Waals surface area (Å²) < 4.78 is 5.28. The van der Waals surface area contributed by atoms with Crippen molar-refractivity contribution in [3.63, 3.8) is 0 Å². The fraction of sp³-hybridized carbons (Fsp3) is 0.625. The molecule has 1 aromatic rings. The van der Waals surface area contributed by atoms with Gasteiger partial charge in [-0.15, -0.1) is 0 Å². The van der Waals surface area contributed by atoms with Crippen molar-refractivity contribution in [1.82, 2.24) is 4.98 Å². The maximum Gasteiger partial charge on any atom is 0.227 e. The quantitative estimate of drug-likeness (QED) is 0.875. The Labute approximate surface area is 126 Å². The maximum atomic E-state index is 12.1. The largest absolute Gasteiger partial charge is 0.381 e. The van der Waals surface area contributed by atoms with Gasteiger partial charge in [0, 0.05) is 32.7 Å². The lowest BCUT2D eigenvalue weighted by molar-refractivity contribution is -0.122. The predicted molar refractivity (Wildman–Crippen MR) is 84.6 cm³/mol. The van der Waals surface area contributed by atoms with Gasteiger partial charge in [0.05, 0.1) is 11.9 Å². The lowest BCUT2D eigenvalue weighted by Crippen LogP contribution is -2.28. The van der Waals surface area contributed by atoms with Gasteiger partial charge in [-0.1, -0.05) is 13.3 Å². The number of nitrogens with one attached hydrogen (secondary N) is 1. The number of nitrogens with zero attached hydrogens (tertiary/aromatic N) is 2. The molecule has 0 spiro atoms. The van der Waals surface area contributed by atoms with Gasteiger partial charge in [0.1, 0.15) is 5.82 Å². The van der Waals surface area contributed by atoms with E-state index in [0.29, 0.717) is 13.2 Å². The molecule has 1 amide bonds. The minimum Gasteiger partial charge on any atom is -0.381 e. The van der Waals surface area contributed by atoms with Crippen LogP contribution in [-0.4, -0.2) is 37.7 Å². The van der Waals surface area contributed by atoms with Crippen LogP contribution < -0.4 is 10.2 Å². The smallest absolute Gasteiger partial charge is 0.227 e. The molecule has 0 saturated carbocycles. The molecule has 5 nitrogen and oxygen atoms in total. The molecule has 2 rings (SSSR count). The van der Waals surface area contributed by atoms with E-state index in [1.54, 1.807) is 6.20 Å². The first-order valence-electron chi connectivity index (χ1n) is 7.76. The van der Waals surface area contributed by atoms with Crippen LogP contribution in [0.3, 0.4) is 0 Å². The third kappa shape index (κ3) is 4.70. The SMILES string of the molecule is CCCCN(C)c1ccc(NC(=O)C2CCOCC2)cn1. The van der Waals surface area contributed by atoms with Crippen molar-refractivity contribution in [2.75, 3.05) is 37.0 Å². The van der Waals surface area contributed by atoms with Crippen LogP contribution in [0.1, 0.15) is 32.6 Å². The van der Waals surface area contributed by atoms with Gasteiger partial charge >= 0.3 is 0 Å². The average molecular weight is 291 g/mol. The van der Waals surface area contributed by atoms with Crippen LogP contribution in [0.5, 0.6) is 0 Å². The molecule has 0 aliphatic carbocycles. The Morgan fingerprint density at radius 2 is 2.19 bits per heavy atom. The highest BCUT2D eigenvalue weighted by atomic mass is 16.5. The van der Waals surface area contributed by atoms with Crippen LogP contribution in [-0.2, 0) is 9.53 Å². The molecule has 21 heavy (non-hydrogen) atoms. The highest BCUT2D eigenvalue weighted by Crippen LogP contribution is 2.18. The first kappa shape index (κ1) is 15.8. The molecule has 116 valence electrons. The maximum absolute atomic E-state index is 12.1. The van der Waals surface area contributed by atoms with Gasteiger partial charge in [-0.3, -0.25) is 4.79 Å². The molecule has 0 atom stereocenters. The molecule has 0 bridgehead atoms. The number of amides is 1. The van der Waals surface area contributed by atoms with Gasteiger partial charge in [-0.25, -0.2) is 4.98 Å². The van der Waals surface area contributed by atoms with E-state index in [9.17, 15) is 4.79 Å². The third-order valence-electron chi connectivity index (χ3n) is 3.85. The van der Waals surface area contributed by atoms with Crippen LogP contribution >= 0.6 is 0 Å². The summed E-state index contributed by atoms with van der Waals surface area (Å²) >= 11 is 0. The Bertz CT molecular complexity index is 441. The monoisotopic (exact) mass is 291 g/mol. The van der Waals surface area contributed by atoms with E-state index in [2.05, 4.69) is 22.1 Å². The summed E-state index contributed by atoms with van der Waals surface area (Å²) in [5.74, 6) is 1.07. The van der Waals surface area contributed by atoms with Gasteiger partial charge in [0.25, 0.3) is 0 Å². The first-order chi connectivity index (χ1) is 10.2. The van der Waals surface area contributed by atoms with Crippen molar-refractivity contribution in [2.45, 2.75) is 32.6 Å². The Morgan fingerprint density at radius 3 is 2.81 bits per heavy atom. The highest BCUT2D eigenvalue weighted by molar-refractivity contribution is 5.92. The molecule has 1 fully saturated rings. The fourth-order valence-corrected chi connectivity index (χ4v) is 2.40. The summed E-state index contributed by atoms with van der Waals surface area (Å²) in [6.45, 7) is 4.53. The topological polar surface area (TPSA) is 54.5 Å². The van der Waals surface area contributed by atoms with E-state index in [1.165, 1.54) is 6.42 Å². The van der Waals surface area contributed by atoms with Gasteiger partial charge in [-0.2, -0.15) is 0 Å². The molecule has 0 aromatic carbocycles. The van der Waals surface area contributed by atoms with E-state index in [0.717, 1.165) is 37.3 Å². The zero-order valence-electron chi connectivity index (χ0n) is 13.0. The lowest BCUT2D eigenvalue weighted by Gasteiger charge is -2.21. The molecule has 5 heteroatoms. The van der Waals surface area contributed by atoms with E-state index in [4.69, 9.17) is 4.74 Å². The summed E-state index contributed by atoms with van der Waals surface area (Å²) in [5.41, 5.74) is 0.763. The van der Waals surface area contributed by atoms with Gasteiger partial charge in [-0.05, 0) is 31.4 Å². The molecule has 1 saturated heterocycles. The summed E-state index contributed by atoms with van der Waals surface area (Å²) in [5, 5.41) is 2.95. The summed E-state index contributed by atoms with van der Waals surface area (Å²) in [6, 6.07) is 3.87. The Morgan fingerprint density at radius 1 is 1.43 bits per heavy atom. The molecular weight excluding hydrogens is 266 g/mol. The Balaban J connectivity index is 1.88. The molecule has 1 N–H and O–H groups in total. The number of hydrogen-bond acceptors (Lipinski definition) is 4. The Hall–Kier alpha value is -1.62. The minimum absolute atomic E-state index is 0.0608. The zero-order valence-corrected chi connectivity index (χ0v) is 13.0. The van der Waals surface area contributed by atoms with Crippen molar-refractivity contribution < 1.29 is 9.53 Å². The molecular formula is C16H25N3O2. The highest BCUT2D eigenvalue weighted by Gasteiger charge is 2.21. The number of ether oxygens (including phenoxy) is 1. The van der Waals surface area contributed by atoms with Crippen molar-refractivity contribution in [1.29, 1.82) is 0 Å². The van der Waals surface area contributed by atoms with Crippen molar-refractivity contribution in [3.8, 4) is 0 Å². The van der Waals surface area contributed by atoms with E-state index in [-0.39, 0.29) is 11.8 Å². The number of hydrogen-bond donors (Lipinski definition) is 1. The van der Waals surface area contributed by atoms with Crippen LogP contribution in [0.15, 0.2) is 18.3 Å². The van der Waals surface area contributed by atoms with Gasteiger partial charge in [0.15, 0.2) is 0 Å². The first-order valence-corrected chi connectivity index (χ1v) is 7.76. The number of carbonyl (C=O) groups excluding carboxylic acids is 1. The second-order valence-electron chi connectivity index (χ2n) is 5.56. The normalized spacial score (nSPS) is 15.7. The van der Waals surface area contributed by atoms with Crippen LogP contribution in [0.4, 0.5) is 11.5 Å². The standard InChI is InChI=1S/C16H25N3O2/c1-3-4-9-19(2)15-6-5-14(12-17-15)18-16(20)13-7-10-21-11-8-13/h5-6,12-13H,3-4,7-11H2,1-2H3,(H,18,20). The third-order valence-corrected chi connectivity index (χ3v) is 3.85. The number of anilines is 2. The van der Waals surface area contributed by atoms with Crippen molar-refractivity contribution in [2.24, 2.45) is 5.92 Å². The molecule has 1 aliphatic rings. The number of rotatable bonds is 6. The lowest BCUT2D eigenvalue weighted by atomic mass is 9.99. The molecule has 2 heterocycles. The van der Waals surface area contributed by atoms with E-state index >= 15 is 0 Å². The zero-order chi connectivity index (χ0) is 15.1. The fourth-order valence-electron chi connectivity index (χ4n) is 2.40. The van der Waals surface area contributed by atoms with Crippen LogP contribution in [0.25, 0.3) is 0 Å². The molecule has 0 radical (unpaired) electrons. The van der Waals surface area contributed by atoms with Gasteiger partial charge < -0.3 is 15.0 Å². The van der Waals surface area contributed by atoms with E-state index < -0.39 is 0 Å². The molecule has 0 unspecified atom stereocenters. The van der Waals surface area contributed by atoms with Crippen molar-refractivity contribution >= 4 is 17.4 Å². The van der Waals surface area contributed by atoms with Crippen molar-refractivity contribution in [3.05, 3.63) is 18.3 Å². The number of pyridine rings is 1. The minimum atomic E-state index is 0.0608. The van der Waals surface area contributed by atoms with Gasteiger partial charge in [0.2, 0.25) is 5.91 Å². The Kier molecular flexibility index (Phi) is 5.99. The van der Waals surface area contributed by atoms with E-state index in [1.807, 2.05) is 19.2 Å². The number of carbonyl (C=O) groups is 1. The second-order valence-corrected chi connectivity index (χ2v) is 5.56.